The summed E-state index contributed by atoms with van der Waals surface area (Å²) in [5.74, 6) is 2.29. The van der Waals surface area contributed by atoms with Gasteiger partial charge in [-0.2, -0.15) is 0 Å². The zero-order chi connectivity index (χ0) is 14.8. The van der Waals surface area contributed by atoms with Crippen molar-refractivity contribution in [2.75, 3.05) is 0 Å². The summed E-state index contributed by atoms with van der Waals surface area (Å²) in [6.07, 6.45) is 0. The summed E-state index contributed by atoms with van der Waals surface area (Å²) >= 11 is 0. The summed E-state index contributed by atoms with van der Waals surface area (Å²) in [5.41, 5.74) is 2.61. The summed E-state index contributed by atoms with van der Waals surface area (Å²) < 4.78 is 6.04. The van der Waals surface area contributed by atoms with Gasteiger partial charge in [0.2, 0.25) is 0 Å². The Hall–Kier alpha value is -1.70. The van der Waals surface area contributed by atoms with Crippen molar-refractivity contribution >= 4 is 7.85 Å². The van der Waals surface area contributed by atoms with E-state index in [0.717, 1.165) is 11.5 Å². The van der Waals surface area contributed by atoms with Crippen molar-refractivity contribution in [3.8, 4) is 11.5 Å². The van der Waals surface area contributed by atoms with Gasteiger partial charge >= 0.3 is 0 Å². The predicted molar refractivity (Wildman–Crippen MR) is 88.6 cm³/mol. The molecule has 0 saturated carbocycles. The van der Waals surface area contributed by atoms with Crippen LogP contribution in [0.5, 0.6) is 11.5 Å². The third kappa shape index (κ3) is 3.44. The molecule has 0 N–H and O–H groups in total. The Bertz CT molecular complexity index is 568. The third-order valence-corrected chi connectivity index (χ3v) is 3.47. The van der Waals surface area contributed by atoms with Crippen LogP contribution in [0.2, 0.25) is 0 Å². The Morgan fingerprint density at radius 2 is 1.65 bits per heavy atom. The minimum atomic E-state index is 0.162. The van der Waals surface area contributed by atoms with Crippen LogP contribution in [0.4, 0.5) is 0 Å². The van der Waals surface area contributed by atoms with Gasteiger partial charge in [-0.1, -0.05) is 58.0 Å². The number of hydrogen-bond donors (Lipinski definition) is 0. The van der Waals surface area contributed by atoms with E-state index in [-0.39, 0.29) is 5.31 Å². The van der Waals surface area contributed by atoms with Gasteiger partial charge < -0.3 is 4.74 Å². The van der Waals surface area contributed by atoms with Crippen LogP contribution in [0.3, 0.4) is 0 Å². The molecule has 0 heterocycles. The highest BCUT2D eigenvalue weighted by Crippen LogP contribution is 2.33. The molecular weight excluding hydrogens is 243 g/mol. The van der Waals surface area contributed by atoms with E-state index in [2.05, 4.69) is 53.7 Å². The fraction of sp³-hybridized carbons (Fsp3) is 0.333. The fourth-order valence-corrected chi connectivity index (χ4v) is 2.17. The van der Waals surface area contributed by atoms with E-state index in [0.29, 0.717) is 5.92 Å². The van der Waals surface area contributed by atoms with Crippen molar-refractivity contribution in [2.45, 2.75) is 38.9 Å². The first kappa shape index (κ1) is 14.7. The van der Waals surface area contributed by atoms with E-state index in [1.807, 2.05) is 30.3 Å². The van der Waals surface area contributed by atoms with Gasteiger partial charge in [0, 0.05) is 0 Å². The zero-order valence-corrected chi connectivity index (χ0v) is 13.1. The molecule has 2 aromatic carbocycles. The highest BCUT2D eigenvalue weighted by Gasteiger charge is 2.17. The van der Waals surface area contributed by atoms with Crippen LogP contribution in [0.25, 0.3) is 0 Å². The molecule has 0 aliphatic rings. The maximum atomic E-state index is 6.04. The molecule has 0 spiro atoms. The van der Waals surface area contributed by atoms with Gasteiger partial charge in [0.15, 0.2) is 0 Å². The van der Waals surface area contributed by atoms with Gasteiger partial charge in [0.25, 0.3) is 0 Å². The van der Waals surface area contributed by atoms with Gasteiger partial charge in [-0.25, -0.2) is 0 Å². The zero-order valence-electron chi connectivity index (χ0n) is 13.1. The van der Waals surface area contributed by atoms with Crippen molar-refractivity contribution in [3.63, 3.8) is 0 Å². The van der Waals surface area contributed by atoms with Crippen LogP contribution in [0.15, 0.2) is 48.5 Å². The second-order valence-electron chi connectivity index (χ2n) is 6.57. The lowest BCUT2D eigenvalue weighted by Crippen LogP contribution is -2.17. The predicted octanol–water partition coefficient (Wildman–Crippen LogP) is 4.47. The SMILES string of the molecule is BC(C)(C)c1ccc(Oc2ccccc2)c(C(C)C)c1. The maximum absolute atomic E-state index is 6.04. The Morgan fingerprint density at radius 3 is 2.20 bits per heavy atom. The number of hydrogen-bond acceptors (Lipinski definition) is 1. The van der Waals surface area contributed by atoms with E-state index < -0.39 is 0 Å². The molecule has 20 heavy (non-hydrogen) atoms. The first-order chi connectivity index (χ1) is 9.38. The van der Waals surface area contributed by atoms with Crippen LogP contribution in [0.1, 0.15) is 44.7 Å². The van der Waals surface area contributed by atoms with Gasteiger partial charge in [0.1, 0.15) is 19.3 Å². The Labute approximate surface area is 123 Å². The number of para-hydroxylation sites is 1. The van der Waals surface area contributed by atoms with Gasteiger partial charge in [0.05, 0.1) is 0 Å². The molecule has 2 rings (SSSR count). The van der Waals surface area contributed by atoms with Gasteiger partial charge in [-0.15, -0.1) is 0 Å². The van der Waals surface area contributed by atoms with Crippen molar-refractivity contribution in [3.05, 3.63) is 59.7 Å². The number of rotatable bonds is 4. The highest BCUT2D eigenvalue weighted by molar-refractivity contribution is 6.15. The number of benzene rings is 2. The molecule has 0 unspecified atom stereocenters. The summed E-state index contributed by atoms with van der Waals surface area (Å²) in [6, 6.07) is 16.5. The molecule has 0 radical (unpaired) electrons. The van der Waals surface area contributed by atoms with Crippen LogP contribution in [-0.4, -0.2) is 7.85 Å². The molecule has 0 saturated heterocycles. The smallest absolute Gasteiger partial charge is 0.130 e. The van der Waals surface area contributed by atoms with Gasteiger partial charge in [-0.05, 0) is 40.6 Å². The van der Waals surface area contributed by atoms with Gasteiger partial charge in [-0.3, -0.25) is 0 Å². The summed E-state index contributed by atoms with van der Waals surface area (Å²) in [5, 5.41) is 0.162. The standard InChI is InChI=1S/C18H23BO/c1-13(2)16-12-14(18(3,4)19)10-11-17(16)20-15-8-6-5-7-9-15/h5-13H,19H2,1-4H3. The van der Waals surface area contributed by atoms with Crippen molar-refractivity contribution in [2.24, 2.45) is 0 Å². The van der Waals surface area contributed by atoms with Crippen molar-refractivity contribution in [1.29, 1.82) is 0 Å². The van der Waals surface area contributed by atoms with Crippen LogP contribution < -0.4 is 4.74 Å². The molecule has 104 valence electrons. The molecular formula is C18H23BO. The Kier molecular flexibility index (Phi) is 4.22. The summed E-state index contributed by atoms with van der Waals surface area (Å²) in [4.78, 5) is 0. The Balaban J connectivity index is 2.38. The molecule has 0 aliphatic heterocycles. The summed E-state index contributed by atoms with van der Waals surface area (Å²) in [7, 11) is 2.24. The number of ether oxygens (including phenoxy) is 1. The molecule has 0 aromatic heterocycles. The van der Waals surface area contributed by atoms with E-state index in [1.165, 1.54) is 11.1 Å². The molecule has 0 amide bonds. The lowest BCUT2D eigenvalue weighted by Gasteiger charge is -2.22. The van der Waals surface area contributed by atoms with E-state index in [4.69, 9.17) is 4.74 Å². The molecule has 1 nitrogen and oxygen atoms in total. The fourth-order valence-electron chi connectivity index (χ4n) is 2.17. The topological polar surface area (TPSA) is 9.23 Å². The van der Waals surface area contributed by atoms with Crippen LogP contribution >= 0.6 is 0 Å². The first-order valence-electron chi connectivity index (χ1n) is 7.25. The largest absolute Gasteiger partial charge is 0.457 e. The van der Waals surface area contributed by atoms with Crippen LogP contribution in [-0.2, 0) is 5.31 Å². The third-order valence-electron chi connectivity index (χ3n) is 3.47. The summed E-state index contributed by atoms with van der Waals surface area (Å²) in [6.45, 7) is 8.90. The highest BCUT2D eigenvalue weighted by atomic mass is 16.5. The second-order valence-corrected chi connectivity index (χ2v) is 6.57. The minimum absolute atomic E-state index is 0.162. The monoisotopic (exact) mass is 266 g/mol. The van der Waals surface area contributed by atoms with E-state index >= 15 is 0 Å². The average Bonchev–Trinajstić information content (AvgIpc) is 2.38. The van der Waals surface area contributed by atoms with E-state index in [9.17, 15) is 0 Å². The molecule has 0 aliphatic carbocycles. The quantitative estimate of drug-likeness (QED) is 0.742. The lowest BCUT2D eigenvalue weighted by molar-refractivity contribution is 0.472. The maximum Gasteiger partial charge on any atom is 0.130 e. The van der Waals surface area contributed by atoms with E-state index in [1.54, 1.807) is 0 Å². The normalized spacial score (nSPS) is 11.7. The molecule has 2 aromatic rings. The first-order valence-corrected chi connectivity index (χ1v) is 7.25. The second kappa shape index (κ2) is 5.74. The average molecular weight is 266 g/mol. The van der Waals surface area contributed by atoms with Crippen molar-refractivity contribution < 1.29 is 4.74 Å². The Morgan fingerprint density at radius 1 is 1.00 bits per heavy atom. The molecule has 0 fully saturated rings. The van der Waals surface area contributed by atoms with Crippen LogP contribution in [0, 0.1) is 0 Å². The van der Waals surface area contributed by atoms with Crippen molar-refractivity contribution in [1.82, 2.24) is 0 Å². The lowest BCUT2D eigenvalue weighted by atomic mass is 9.67. The molecule has 0 atom stereocenters. The molecule has 0 bridgehead atoms. The molecule has 2 heteroatoms. The minimum Gasteiger partial charge on any atom is -0.457 e.